The molecular weight excluding hydrogens is 278 g/mol. The van der Waals surface area contributed by atoms with Crippen molar-refractivity contribution in [3.8, 4) is 0 Å². The molecule has 0 bridgehead atoms. The number of urea groups is 1. The van der Waals surface area contributed by atoms with Crippen LogP contribution in [0.4, 0.5) is 4.79 Å². The van der Waals surface area contributed by atoms with E-state index in [9.17, 15) is 14.4 Å². The minimum atomic E-state index is -1.12. The van der Waals surface area contributed by atoms with Crippen LogP contribution in [0.1, 0.15) is 32.4 Å². The first-order chi connectivity index (χ1) is 9.55. The third-order valence-corrected chi connectivity index (χ3v) is 4.47. The quantitative estimate of drug-likeness (QED) is 0.836. The van der Waals surface area contributed by atoms with Gasteiger partial charge in [0.2, 0.25) is 11.8 Å². The lowest BCUT2D eigenvalue weighted by Gasteiger charge is -2.38. The number of thiazole rings is 1. The molecule has 1 aliphatic heterocycles. The largest absolute Gasteiger partial charge is 0.330 e. The van der Waals surface area contributed by atoms with E-state index in [0.717, 1.165) is 10.6 Å². The molecule has 6 nitrogen and oxygen atoms in total. The number of carbonyl (C=O) groups is 3. The van der Waals surface area contributed by atoms with E-state index in [-0.39, 0.29) is 6.54 Å². The van der Waals surface area contributed by atoms with Crippen molar-refractivity contribution in [3.63, 3.8) is 0 Å². The fourth-order valence-corrected chi connectivity index (χ4v) is 2.99. The number of imide groups is 2. The van der Waals surface area contributed by atoms with Crippen molar-refractivity contribution in [2.45, 2.75) is 33.1 Å². The first kappa shape index (κ1) is 14.6. The molecule has 4 amide bonds. The van der Waals surface area contributed by atoms with Crippen molar-refractivity contribution in [1.82, 2.24) is 15.2 Å². The highest BCUT2D eigenvalue weighted by Gasteiger charge is 2.51. The highest BCUT2D eigenvalue weighted by Crippen LogP contribution is 2.32. The first-order valence-corrected chi connectivity index (χ1v) is 7.54. The van der Waals surface area contributed by atoms with E-state index in [0.29, 0.717) is 19.3 Å². The molecule has 2 rings (SSSR count). The summed E-state index contributed by atoms with van der Waals surface area (Å²) in [6.07, 6.45) is 1.27. The standard InChI is InChI=1S/C13H17N3O3S/c1-3-13(4-2)10(17)15-12(19)16(11(13)18)6-5-9-7-20-8-14-9/h7-8H,3-6H2,1-2H3,(H,15,17,19). The van der Waals surface area contributed by atoms with Crippen LogP contribution >= 0.6 is 11.3 Å². The molecule has 0 radical (unpaired) electrons. The van der Waals surface area contributed by atoms with Crippen molar-refractivity contribution in [2.24, 2.45) is 5.41 Å². The summed E-state index contributed by atoms with van der Waals surface area (Å²) in [5.74, 6) is -0.881. The lowest BCUT2D eigenvalue weighted by Crippen LogP contribution is -2.63. The Morgan fingerprint density at radius 2 is 2.00 bits per heavy atom. The van der Waals surface area contributed by atoms with Gasteiger partial charge in [0.25, 0.3) is 0 Å². The molecule has 7 heteroatoms. The molecule has 0 aliphatic carbocycles. The van der Waals surface area contributed by atoms with Crippen LogP contribution in [0.3, 0.4) is 0 Å². The summed E-state index contributed by atoms with van der Waals surface area (Å²) in [5, 5.41) is 4.17. The molecular formula is C13H17N3O3S. The molecule has 0 unspecified atom stereocenters. The Morgan fingerprint density at radius 3 is 2.55 bits per heavy atom. The van der Waals surface area contributed by atoms with E-state index >= 15 is 0 Å². The topological polar surface area (TPSA) is 79.4 Å². The predicted molar refractivity (Wildman–Crippen MR) is 74.1 cm³/mol. The average Bonchev–Trinajstić information content (AvgIpc) is 2.93. The second kappa shape index (κ2) is 5.70. The molecule has 1 aromatic rings. The van der Waals surface area contributed by atoms with Gasteiger partial charge in [-0.2, -0.15) is 0 Å². The van der Waals surface area contributed by atoms with Gasteiger partial charge in [-0.3, -0.25) is 19.8 Å². The molecule has 0 atom stereocenters. The van der Waals surface area contributed by atoms with Crippen LogP contribution in [-0.2, 0) is 16.0 Å². The zero-order valence-electron chi connectivity index (χ0n) is 11.5. The van der Waals surface area contributed by atoms with Gasteiger partial charge in [0.15, 0.2) is 0 Å². The zero-order valence-corrected chi connectivity index (χ0v) is 12.3. The number of hydrogen-bond donors (Lipinski definition) is 1. The van der Waals surface area contributed by atoms with E-state index in [4.69, 9.17) is 0 Å². The Bertz CT molecular complexity index is 523. The van der Waals surface area contributed by atoms with Crippen LogP contribution in [0.15, 0.2) is 10.9 Å². The molecule has 1 fully saturated rings. The highest BCUT2D eigenvalue weighted by molar-refractivity contribution is 7.07. The molecule has 108 valence electrons. The van der Waals surface area contributed by atoms with Gasteiger partial charge in [-0.15, -0.1) is 11.3 Å². The molecule has 1 aromatic heterocycles. The molecule has 1 N–H and O–H groups in total. The van der Waals surface area contributed by atoms with Gasteiger partial charge < -0.3 is 0 Å². The minimum absolute atomic E-state index is 0.240. The Morgan fingerprint density at radius 1 is 1.30 bits per heavy atom. The number of nitrogens with one attached hydrogen (secondary N) is 1. The fraction of sp³-hybridized carbons (Fsp3) is 0.538. The summed E-state index contributed by atoms with van der Waals surface area (Å²) in [5.41, 5.74) is 1.43. The van der Waals surface area contributed by atoms with Crippen molar-refractivity contribution < 1.29 is 14.4 Å². The van der Waals surface area contributed by atoms with Gasteiger partial charge >= 0.3 is 6.03 Å². The number of hydrogen-bond acceptors (Lipinski definition) is 5. The fourth-order valence-electron chi connectivity index (χ4n) is 2.40. The molecule has 0 spiro atoms. The normalized spacial score (nSPS) is 18.3. The van der Waals surface area contributed by atoms with Crippen LogP contribution in [0, 0.1) is 5.41 Å². The van der Waals surface area contributed by atoms with E-state index < -0.39 is 23.3 Å². The average molecular weight is 295 g/mol. The maximum atomic E-state index is 12.5. The predicted octanol–water partition coefficient (Wildman–Crippen LogP) is 1.57. The number of rotatable bonds is 5. The zero-order chi connectivity index (χ0) is 14.8. The summed E-state index contributed by atoms with van der Waals surface area (Å²) in [6, 6.07) is -0.632. The Kier molecular flexibility index (Phi) is 4.17. The Labute approximate surface area is 121 Å². The lowest BCUT2D eigenvalue weighted by molar-refractivity contribution is -0.152. The van der Waals surface area contributed by atoms with E-state index in [1.165, 1.54) is 11.3 Å². The number of aromatic nitrogens is 1. The number of carbonyl (C=O) groups excluding carboxylic acids is 3. The maximum absolute atomic E-state index is 12.5. The van der Waals surface area contributed by atoms with Crippen LogP contribution in [0.2, 0.25) is 0 Å². The molecule has 1 aliphatic rings. The molecule has 1 saturated heterocycles. The van der Waals surface area contributed by atoms with Gasteiger partial charge in [-0.25, -0.2) is 9.78 Å². The molecule has 0 saturated carbocycles. The van der Waals surface area contributed by atoms with Crippen molar-refractivity contribution in [3.05, 3.63) is 16.6 Å². The first-order valence-electron chi connectivity index (χ1n) is 6.59. The van der Waals surface area contributed by atoms with Crippen LogP contribution < -0.4 is 5.32 Å². The van der Waals surface area contributed by atoms with Crippen molar-refractivity contribution in [1.29, 1.82) is 0 Å². The van der Waals surface area contributed by atoms with Crippen LogP contribution in [0.5, 0.6) is 0 Å². The van der Waals surface area contributed by atoms with Crippen LogP contribution in [-0.4, -0.2) is 34.3 Å². The lowest BCUT2D eigenvalue weighted by atomic mass is 9.78. The van der Waals surface area contributed by atoms with Gasteiger partial charge in [0.1, 0.15) is 5.41 Å². The van der Waals surface area contributed by atoms with E-state index in [1.54, 1.807) is 19.4 Å². The summed E-state index contributed by atoms with van der Waals surface area (Å²) < 4.78 is 0. The van der Waals surface area contributed by atoms with Gasteiger partial charge in [0, 0.05) is 18.3 Å². The molecule has 20 heavy (non-hydrogen) atoms. The number of barbiturate groups is 1. The summed E-state index contributed by atoms with van der Waals surface area (Å²) >= 11 is 1.47. The Hall–Kier alpha value is -1.76. The van der Waals surface area contributed by atoms with Gasteiger partial charge in [-0.05, 0) is 12.8 Å². The maximum Gasteiger partial charge on any atom is 0.330 e. The minimum Gasteiger partial charge on any atom is -0.277 e. The Balaban J connectivity index is 2.17. The summed E-state index contributed by atoms with van der Waals surface area (Å²) in [7, 11) is 0. The SMILES string of the molecule is CCC1(CC)C(=O)NC(=O)N(CCc2cscn2)C1=O. The third kappa shape index (κ3) is 2.33. The van der Waals surface area contributed by atoms with Crippen LogP contribution in [0.25, 0.3) is 0 Å². The van der Waals surface area contributed by atoms with Crippen molar-refractivity contribution >= 4 is 29.2 Å². The smallest absolute Gasteiger partial charge is 0.277 e. The van der Waals surface area contributed by atoms with Crippen molar-refractivity contribution in [2.75, 3.05) is 6.54 Å². The van der Waals surface area contributed by atoms with E-state index in [2.05, 4.69) is 10.3 Å². The van der Waals surface area contributed by atoms with Gasteiger partial charge in [-0.1, -0.05) is 13.8 Å². The second-order valence-corrected chi connectivity index (χ2v) is 5.45. The summed E-state index contributed by atoms with van der Waals surface area (Å²) in [4.78, 5) is 41.6. The monoisotopic (exact) mass is 295 g/mol. The van der Waals surface area contributed by atoms with Gasteiger partial charge in [0.05, 0.1) is 11.2 Å². The summed E-state index contributed by atoms with van der Waals surface area (Å²) in [6.45, 7) is 3.81. The highest BCUT2D eigenvalue weighted by atomic mass is 32.1. The second-order valence-electron chi connectivity index (χ2n) is 4.74. The van der Waals surface area contributed by atoms with E-state index in [1.807, 2.05) is 5.38 Å². The number of nitrogens with zero attached hydrogens (tertiary/aromatic N) is 2. The molecule has 0 aromatic carbocycles. The number of amides is 4. The molecule has 2 heterocycles. The third-order valence-electron chi connectivity index (χ3n) is 3.84.